The Kier molecular flexibility index (Phi) is 11.8. The lowest BCUT2D eigenvalue weighted by atomic mass is 9.79. The van der Waals surface area contributed by atoms with Crippen LogP contribution in [0.1, 0.15) is 98.8 Å². The fourth-order valence-electron chi connectivity index (χ4n) is 6.96. The minimum atomic E-state index is -4.35. The predicted octanol–water partition coefficient (Wildman–Crippen LogP) is 9.83. The highest BCUT2D eigenvalue weighted by Gasteiger charge is 2.33. The van der Waals surface area contributed by atoms with Gasteiger partial charge in [-0.05, 0) is 95.2 Å². The normalized spacial score (nSPS) is 19.7. The summed E-state index contributed by atoms with van der Waals surface area (Å²) < 4.78 is 76.8. The van der Waals surface area contributed by atoms with Crippen LogP contribution in [0.3, 0.4) is 0 Å². The van der Waals surface area contributed by atoms with E-state index < -0.39 is 23.5 Å². The highest BCUT2D eigenvalue weighted by atomic mass is 19.4. The molecule has 0 radical (unpaired) electrons. The summed E-state index contributed by atoms with van der Waals surface area (Å²) in [5.41, 5.74) is 5.78. The highest BCUT2D eigenvalue weighted by molar-refractivity contribution is 5.77. The number of fused-ring (bicyclic) bond motifs is 2. The average molecular weight is 725 g/mol. The summed E-state index contributed by atoms with van der Waals surface area (Å²) in [5.74, 6) is 0.523. The molecule has 0 bridgehead atoms. The minimum absolute atomic E-state index is 0.0189. The smallest absolute Gasteiger partial charge is 0.349 e. The Hall–Kier alpha value is -4.74. The van der Waals surface area contributed by atoms with Gasteiger partial charge in [0.1, 0.15) is 0 Å². The molecule has 0 saturated carbocycles. The largest absolute Gasteiger partial charge is 0.416 e. The van der Waals surface area contributed by atoms with Gasteiger partial charge < -0.3 is 10.6 Å². The number of pyridine rings is 2. The third kappa shape index (κ3) is 8.65. The Morgan fingerprint density at radius 3 is 1.27 bits per heavy atom. The molecular formula is C40H42F6N4O2. The SMILES string of the molecule is CCC(=O)N[C@@H]1c2cncc(-c3ccc(C(F)(F)F)cc3)c2CC[C@@H]1C.CCC(=O)N[C@H]1c2cncc(-c3ccc(C(F)(F)F)cc3)c2CC[C@H]1C. The number of alkyl halides is 6. The molecule has 2 heterocycles. The molecule has 0 spiro atoms. The maximum absolute atomic E-state index is 12.8. The van der Waals surface area contributed by atoms with Crippen molar-refractivity contribution >= 4 is 11.8 Å². The number of carbonyl (C=O) groups excluding carboxylic acids is 2. The predicted molar refractivity (Wildman–Crippen MR) is 187 cm³/mol. The molecule has 52 heavy (non-hydrogen) atoms. The van der Waals surface area contributed by atoms with Gasteiger partial charge in [-0.1, -0.05) is 52.0 Å². The van der Waals surface area contributed by atoms with Crippen LogP contribution in [0.5, 0.6) is 0 Å². The molecule has 2 aliphatic rings. The number of aromatic nitrogens is 2. The number of nitrogens with zero attached hydrogens (tertiary/aromatic N) is 2. The summed E-state index contributed by atoms with van der Waals surface area (Å²) in [5, 5.41) is 6.11. The van der Waals surface area contributed by atoms with Gasteiger partial charge in [-0.2, -0.15) is 26.3 Å². The van der Waals surface area contributed by atoms with Crippen LogP contribution >= 0.6 is 0 Å². The lowest BCUT2D eigenvalue weighted by Crippen LogP contribution is -2.35. The minimum Gasteiger partial charge on any atom is -0.349 e. The van der Waals surface area contributed by atoms with Gasteiger partial charge in [-0.3, -0.25) is 19.6 Å². The van der Waals surface area contributed by atoms with E-state index in [1.165, 1.54) is 24.3 Å². The molecule has 0 saturated heterocycles. The van der Waals surface area contributed by atoms with Crippen molar-refractivity contribution < 1.29 is 35.9 Å². The molecule has 4 atom stereocenters. The van der Waals surface area contributed by atoms with Crippen molar-refractivity contribution in [1.82, 2.24) is 20.6 Å². The summed E-state index contributed by atoms with van der Waals surface area (Å²) in [7, 11) is 0. The third-order valence-electron chi connectivity index (χ3n) is 10.0. The zero-order valence-corrected chi connectivity index (χ0v) is 29.5. The van der Waals surface area contributed by atoms with Crippen LogP contribution < -0.4 is 10.6 Å². The summed E-state index contributed by atoms with van der Waals surface area (Å²) in [6, 6.07) is 10.1. The van der Waals surface area contributed by atoms with E-state index in [0.29, 0.717) is 24.0 Å². The number of hydrogen-bond acceptors (Lipinski definition) is 4. The maximum atomic E-state index is 12.8. The van der Waals surface area contributed by atoms with Gasteiger partial charge in [0.05, 0.1) is 23.2 Å². The van der Waals surface area contributed by atoms with Gasteiger partial charge in [0.15, 0.2) is 0 Å². The molecule has 2 aromatic carbocycles. The van der Waals surface area contributed by atoms with Crippen molar-refractivity contribution in [3.8, 4) is 22.3 Å². The molecule has 6 rings (SSSR count). The second-order valence-corrected chi connectivity index (χ2v) is 13.5. The van der Waals surface area contributed by atoms with Gasteiger partial charge in [0.2, 0.25) is 11.8 Å². The summed E-state index contributed by atoms with van der Waals surface area (Å²) in [6.45, 7) is 7.80. The van der Waals surface area contributed by atoms with Crippen molar-refractivity contribution in [2.75, 3.05) is 0 Å². The number of nitrogens with one attached hydrogen (secondary N) is 2. The Bertz CT molecular complexity index is 1740. The molecule has 276 valence electrons. The van der Waals surface area contributed by atoms with E-state index in [0.717, 1.165) is 83.3 Å². The van der Waals surface area contributed by atoms with Gasteiger partial charge in [-0.25, -0.2) is 0 Å². The van der Waals surface area contributed by atoms with E-state index in [4.69, 9.17) is 0 Å². The molecule has 2 aromatic heterocycles. The molecule has 0 unspecified atom stereocenters. The molecule has 2 aliphatic carbocycles. The van der Waals surface area contributed by atoms with E-state index in [1.807, 2.05) is 0 Å². The first-order chi connectivity index (χ1) is 24.6. The van der Waals surface area contributed by atoms with Crippen LogP contribution in [0, 0.1) is 11.8 Å². The summed E-state index contributed by atoms with van der Waals surface area (Å²) in [6.07, 6.45) is 2.45. The molecule has 4 aromatic rings. The van der Waals surface area contributed by atoms with Crippen LogP contribution in [-0.4, -0.2) is 21.8 Å². The zero-order chi connectivity index (χ0) is 37.8. The van der Waals surface area contributed by atoms with Crippen LogP contribution in [0.2, 0.25) is 0 Å². The van der Waals surface area contributed by atoms with Crippen molar-refractivity contribution in [2.24, 2.45) is 11.8 Å². The number of rotatable bonds is 6. The molecule has 0 aliphatic heterocycles. The van der Waals surface area contributed by atoms with Gasteiger partial charge in [0, 0.05) is 48.8 Å². The number of carbonyl (C=O) groups is 2. The number of benzene rings is 2. The van der Waals surface area contributed by atoms with Gasteiger partial charge in [-0.15, -0.1) is 0 Å². The first-order valence-electron chi connectivity index (χ1n) is 17.5. The van der Waals surface area contributed by atoms with Crippen LogP contribution in [0.4, 0.5) is 26.3 Å². The Balaban J connectivity index is 0.000000201. The fourth-order valence-corrected chi connectivity index (χ4v) is 6.96. The van der Waals surface area contributed by atoms with Crippen molar-refractivity contribution in [3.63, 3.8) is 0 Å². The summed E-state index contributed by atoms with van der Waals surface area (Å²) >= 11 is 0. The second kappa shape index (κ2) is 15.9. The van der Waals surface area contributed by atoms with E-state index in [1.54, 1.807) is 38.6 Å². The monoisotopic (exact) mass is 724 g/mol. The van der Waals surface area contributed by atoms with Gasteiger partial charge >= 0.3 is 12.4 Å². The number of amides is 2. The van der Waals surface area contributed by atoms with Crippen molar-refractivity contribution in [3.05, 3.63) is 107 Å². The van der Waals surface area contributed by atoms with Gasteiger partial charge in [0.25, 0.3) is 0 Å². The first kappa shape index (κ1) is 38.5. The lowest BCUT2D eigenvalue weighted by Gasteiger charge is -2.33. The van der Waals surface area contributed by atoms with Crippen molar-refractivity contribution in [1.29, 1.82) is 0 Å². The quantitative estimate of drug-likeness (QED) is 0.194. The van der Waals surface area contributed by atoms with Crippen molar-refractivity contribution in [2.45, 2.75) is 90.7 Å². The van der Waals surface area contributed by atoms with Crippen LogP contribution in [-0.2, 0) is 34.8 Å². The molecular weight excluding hydrogens is 682 g/mol. The standard InChI is InChI=1S/2C20H21F3N2O/c2*1-3-18(26)25-19-12(2)4-9-15-16(10-24-11-17(15)19)13-5-7-14(8-6-13)20(21,22)23/h2*5-8,10-12,19H,3-4,9H2,1-2H3,(H,25,26)/t2*12-,19-/m10/s1. The molecule has 2 amide bonds. The summed E-state index contributed by atoms with van der Waals surface area (Å²) in [4.78, 5) is 32.3. The van der Waals surface area contributed by atoms with Crippen LogP contribution in [0.15, 0.2) is 73.3 Å². The number of hydrogen-bond donors (Lipinski definition) is 2. The molecule has 0 fully saturated rings. The Labute approximate surface area is 299 Å². The Morgan fingerprint density at radius 1 is 0.615 bits per heavy atom. The third-order valence-corrected chi connectivity index (χ3v) is 10.0. The molecule has 2 N–H and O–H groups in total. The highest BCUT2D eigenvalue weighted by Crippen LogP contribution is 2.41. The van der Waals surface area contributed by atoms with E-state index in [-0.39, 0.29) is 35.7 Å². The fraction of sp³-hybridized carbons (Fsp3) is 0.400. The maximum Gasteiger partial charge on any atom is 0.416 e. The second-order valence-electron chi connectivity index (χ2n) is 13.5. The molecule has 6 nitrogen and oxygen atoms in total. The number of halogens is 6. The van der Waals surface area contributed by atoms with E-state index in [9.17, 15) is 35.9 Å². The average Bonchev–Trinajstić information content (AvgIpc) is 3.13. The van der Waals surface area contributed by atoms with E-state index in [2.05, 4.69) is 34.4 Å². The van der Waals surface area contributed by atoms with Crippen LogP contribution in [0.25, 0.3) is 22.3 Å². The van der Waals surface area contributed by atoms with E-state index >= 15 is 0 Å². The zero-order valence-electron chi connectivity index (χ0n) is 29.5. The first-order valence-corrected chi connectivity index (χ1v) is 17.5. The Morgan fingerprint density at radius 2 is 0.962 bits per heavy atom. The lowest BCUT2D eigenvalue weighted by molar-refractivity contribution is -0.138. The molecule has 12 heteroatoms. The topological polar surface area (TPSA) is 84.0 Å².